The van der Waals surface area contributed by atoms with Gasteiger partial charge >= 0.3 is 0 Å². The van der Waals surface area contributed by atoms with E-state index < -0.39 is 16.8 Å². The van der Waals surface area contributed by atoms with Crippen molar-refractivity contribution in [1.82, 2.24) is 15.5 Å². The van der Waals surface area contributed by atoms with Gasteiger partial charge in [0.05, 0.1) is 0 Å². The van der Waals surface area contributed by atoms with Crippen LogP contribution >= 0.6 is 11.8 Å². The van der Waals surface area contributed by atoms with Crippen molar-refractivity contribution in [3.8, 4) is 0 Å². The summed E-state index contributed by atoms with van der Waals surface area (Å²) in [7, 11) is 0. The number of fused-ring (bicyclic) bond motifs is 3. The Morgan fingerprint density at radius 1 is 1.00 bits per heavy atom. The smallest absolute Gasteiger partial charge is 0.256 e. The van der Waals surface area contributed by atoms with E-state index in [0.717, 1.165) is 18.4 Å². The highest BCUT2D eigenvalue weighted by Crippen LogP contribution is 2.56. The van der Waals surface area contributed by atoms with Crippen molar-refractivity contribution < 1.29 is 14.4 Å². The first-order valence-electron chi connectivity index (χ1n) is 12.3. The molecule has 0 saturated carbocycles. The monoisotopic (exact) mass is 493 g/mol. The molecule has 7 heteroatoms. The summed E-state index contributed by atoms with van der Waals surface area (Å²) < 4.78 is -0.487. The minimum Gasteiger partial charge on any atom is -0.352 e. The van der Waals surface area contributed by atoms with Gasteiger partial charge < -0.3 is 15.5 Å². The maximum absolute atomic E-state index is 13.6. The van der Waals surface area contributed by atoms with E-state index in [-0.39, 0.29) is 35.1 Å². The fraction of sp³-hybridized carbons (Fsp3) is 0.464. The van der Waals surface area contributed by atoms with Crippen LogP contribution in [0.5, 0.6) is 0 Å². The number of carbonyl (C=O) groups excluding carboxylic acids is 3. The molecule has 6 nitrogen and oxygen atoms in total. The predicted molar refractivity (Wildman–Crippen MR) is 140 cm³/mol. The van der Waals surface area contributed by atoms with E-state index in [1.807, 2.05) is 77.1 Å². The average Bonchev–Trinajstić information content (AvgIpc) is 3.25. The molecule has 0 aliphatic carbocycles. The summed E-state index contributed by atoms with van der Waals surface area (Å²) in [4.78, 5) is 41.7. The number of thioether (sulfide) groups is 1. The molecule has 2 heterocycles. The molecule has 0 aromatic heterocycles. The molecule has 35 heavy (non-hydrogen) atoms. The van der Waals surface area contributed by atoms with Crippen LogP contribution in [0, 0.1) is 5.92 Å². The lowest BCUT2D eigenvalue weighted by molar-refractivity contribution is -0.133. The van der Waals surface area contributed by atoms with Crippen LogP contribution in [0.1, 0.15) is 67.9 Å². The zero-order valence-corrected chi connectivity index (χ0v) is 21.9. The number of benzene rings is 2. The first-order valence-corrected chi connectivity index (χ1v) is 13.2. The van der Waals surface area contributed by atoms with Crippen LogP contribution < -0.4 is 10.6 Å². The standard InChI is InChI=1S/C28H35N3O3S/c1-17(2)22(24(32)29-18(3)15-16-19-11-7-6-8-12-19)30-25(33)23-28(4,5)35-27-21-14-10-9-13-20(21)26(34)31(23)27/h6-14,17-18,22-23,27H,15-16H2,1-5H3,(H,29,32)(H,30,33)/t18-,22+,23-,27-/m1/s1. The predicted octanol–water partition coefficient (Wildman–Crippen LogP) is 4.31. The van der Waals surface area contributed by atoms with Crippen LogP contribution in [0.4, 0.5) is 0 Å². The lowest BCUT2D eigenvalue weighted by Crippen LogP contribution is -2.58. The van der Waals surface area contributed by atoms with Crippen LogP contribution in [0.25, 0.3) is 0 Å². The van der Waals surface area contributed by atoms with Gasteiger partial charge in [0.15, 0.2) is 0 Å². The van der Waals surface area contributed by atoms with Gasteiger partial charge in [0, 0.05) is 16.4 Å². The lowest BCUT2D eigenvalue weighted by atomic mass is 9.97. The highest BCUT2D eigenvalue weighted by Gasteiger charge is 2.57. The van der Waals surface area contributed by atoms with E-state index in [9.17, 15) is 14.4 Å². The van der Waals surface area contributed by atoms with Crippen LogP contribution in [-0.2, 0) is 16.0 Å². The fourth-order valence-corrected chi connectivity index (χ4v) is 6.59. The van der Waals surface area contributed by atoms with Crippen LogP contribution in [0.2, 0.25) is 0 Å². The Hall–Kier alpha value is -2.80. The maximum atomic E-state index is 13.6. The fourth-order valence-electron chi connectivity index (χ4n) is 5.00. The van der Waals surface area contributed by atoms with Crippen molar-refractivity contribution >= 4 is 29.5 Å². The minimum atomic E-state index is -0.679. The van der Waals surface area contributed by atoms with Gasteiger partial charge in [0.2, 0.25) is 11.8 Å². The highest BCUT2D eigenvalue weighted by atomic mass is 32.2. The molecule has 2 aliphatic rings. The topological polar surface area (TPSA) is 78.5 Å². The van der Waals surface area contributed by atoms with Crippen molar-refractivity contribution in [2.45, 2.75) is 75.7 Å². The normalized spacial score (nSPS) is 21.9. The zero-order chi connectivity index (χ0) is 25.3. The summed E-state index contributed by atoms with van der Waals surface area (Å²) in [6, 6.07) is 16.4. The molecule has 0 radical (unpaired) electrons. The third-order valence-electron chi connectivity index (χ3n) is 6.89. The van der Waals surface area contributed by atoms with Gasteiger partial charge in [-0.25, -0.2) is 0 Å². The van der Waals surface area contributed by atoms with E-state index in [0.29, 0.717) is 5.56 Å². The van der Waals surface area contributed by atoms with Crippen LogP contribution in [0.15, 0.2) is 54.6 Å². The Morgan fingerprint density at radius 3 is 2.34 bits per heavy atom. The van der Waals surface area contributed by atoms with Crippen LogP contribution in [-0.4, -0.2) is 45.5 Å². The van der Waals surface area contributed by atoms with Gasteiger partial charge in [-0.05, 0) is 56.7 Å². The summed E-state index contributed by atoms with van der Waals surface area (Å²) in [6.07, 6.45) is 1.68. The molecule has 1 saturated heterocycles. The largest absolute Gasteiger partial charge is 0.352 e. The lowest BCUT2D eigenvalue weighted by Gasteiger charge is -2.32. The van der Waals surface area contributed by atoms with E-state index in [1.165, 1.54) is 5.56 Å². The first kappa shape index (κ1) is 25.3. The Balaban J connectivity index is 1.43. The minimum absolute atomic E-state index is 0.0293. The Morgan fingerprint density at radius 2 is 1.66 bits per heavy atom. The Kier molecular flexibility index (Phi) is 7.27. The van der Waals surface area contributed by atoms with Crippen molar-refractivity contribution in [2.75, 3.05) is 0 Å². The van der Waals surface area contributed by atoms with Crippen molar-refractivity contribution in [3.63, 3.8) is 0 Å². The van der Waals surface area contributed by atoms with Gasteiger partial charge in [0.1, 0.15) is 17.5 Å². The third-order valence-corrected chi connectivity index (χ3v) is 8.42. The molecule has 2 aliphatic heterocycles. The van der Waals surface area contributed by atoms with Crippen molar-refractivity contribution in [2.24, 2.45) is 5.92 Å². The van der Waals surface area contributed by atoms with E-state index in [2.05, 4.69) is 22.8 Å². The van der Waals surface area contributed by atoms with Gasteiger partial charge in [-0.2, -0.15) is 0 Å². The number of nitrogens with zero attached hydrogens (tertiary/aromatic N) is 1. The molecule has 2 aromatic carbocycles. The molecule has 0 spiro atoms. The number of hydrogen-bond acceptors (Lipinski definition) is 4. The van der Waals surface area contributed by atoms with E-state index in [4.69, 9.17) is 0 Å². The maximum Gasteiger partial charge on any atom is 0.256 e. The summed E-state index contributed by atoms with van der Waals surface area (Å²) in [5.41, 5.74) is 2.84. The van der Waals surface area contributed by atoms with Crippen molar-refractivity contribution in [3.05, 3.63) is 71.3 Å². The molecule has 2 N–H and O–H groups in total. The number of amides is 3. The number of hydrogen-bond donors (Lipinski definition) is 2. The summed E-state index contributed by atoms with van der Waals surface area (Å²) in [5.74, 6) is -0.689. The van der Waals surface area contributed by atoms with Gasteiger partial charge in [-0.1, -0.05) is 62.4 Å². The summed E-state index contributed by atoms with van der Waals surface area (Å²) in [6.45, 7) is 9.82. The summed E-state index contributed by atoms with van der Waals surface area (Å²) >= 11 is 1.62. The number of nitrogens with one attached hydrogen (secondary N) is 2. The zero-order valence-electron chi connectivity index (χ0n) is 21.1. The molecule has 1 fully saturated rings. The van der Waals surface area contributed by atoms with Crippen LogP contribution in [0.3, 0.4) is 0 Å². The number of aryl methyl sites for hydroxylation is 1. The first-order chi connectivity index (χ1) is 16.6. The SMILES string of the molecule is CC(C)[C@H](NC(=O)[C@H]1N2C(=O)c3ccccc3[C@H]2SC1(C)C)C(=O)N[C@H](C)CCc1ccccc1. The molecule has 0 unspecified atom stereocenters. The molecule has 0 bridgehead atoms. The number of carbonyl (C=O) groups is 3. The summed E-state index contributed by atoms with van der Waals surface area (Å²) in [5, 5.41) is 5.89. The quantitative estimate of drug-likeness (QED) is 0.574. The second-order valence-electron chi connectivity index (χ2n) is 10.4. The molecule has 4 atom stereocenters. The van der Waals surface area contributed by atoms with Gasteiger partial charge in [-0.3, -0.25) is 14.4 Å². The second kappa shape index (κ2) is 10.1. The molecule has 2 aromatic rings. The third kappa shape index (κ3) is 5.10. The number of rotatable bonds is 8. The second-order valence-corrected chi connectivity index (χ2v) is 12.2. The molecule has 3 amide bonds. The molecule has 4 rings (SSSR count). The Bertz CT molecular complexity index is 1100. The van der Waals surface area contributed by atoms with Crippen molar-refractivity contribution in [1.29, 1.82) is 0 Å². The van der Waals surface area contributed by atoms with E-state index >= 15 is 0 Å². The highest BCUT2D eigenvalue weighted by molar-refractivity contribution is 8.01. The molecular weight excluding hydrogens is 458 g/mol. The van der Waals surface area contributed by atoms with E-state index in [1.54, 1.807) is 16.7 Å². The van der Waals surface area contributed by atoms with Gasteiger partial charge in [0.25, 0.3) is 5.91 Å². The van der Waals surface area contributed by atoms with Gasteiger partial charge in [-0.15, -0.1) is 11.8 Å². The molecular formula is C28H35N3O3S. The Labute approximate surface area is 212 Å². The average molecular weight is 494 g/mol. The molecule has 186 valence electrons.